The van der Waals surface area contributed by atoms with Crippen LogP contribution in [0.25, 0.3) is 6.08 Å². The van der Waals surface area contributed by atoms with Crippen LogP contribution >= 0.6 is 0 Å². The first-order valence-corrected chi connectivity index (χ1v) is 7.49. The summed E-state index contributed by atoms with van der Waals surface area (Å²) in [5.74, 6) is 0.467. The van der Waals surface area contributed by atoms with Gasteiger partial charge in [-0.15, -0.1) is 0 Å². The summed E-state index contributed by atoms with van der Waals surface area (Å²) in [6.07, 6.45) is 1.84. The third-order valence-electron chi connectivity index (χ3n) is 2.66. The van der Waals surface area contributed by atoms with Crippen molar-refractivity contribution in [2.45, 2.75) is 27.7 Å². The second kappa shape index (κ2) is 9.35. The van der Waals surface area contributed by atoms with Crippen molar-refractivity contribution >= 4 is 12.0 Å². The number of carbonyl (C=O) groups is 1. The Kier molecular flexibility index (Phi) is 7.76. The summed E-state index contributed by atoms with van der Waals surface area (Å²) < 4.78 is 10.9. The van der Waals surface area contributed by atoms with E-state index in [-0.39, 0.29) is 12.6 Å². The lowest BCUT2D eigenvalue weighted by atomic mass is 10.1. The molecule has 116 valence electrons. The molecule has 0 aromatic heterocycles. The fraction of sp³-hybridized carbons (Fsp3) is 0.500. The lowest BCUT2D eigenvalue weighted by molar-refractivity contribution is -0.140. The Morgan fingerprint density at radius 2 is 1.67 bits per heavy atom. The number of hydrogen-bond acceptors (Lipinski definition) is 3. The van der Waals surface area contributed by atoms with Crippen LogP contribution in [-0.2, 0) is 14.3 Å². The van der Waals surface area contributed by atoms with E-state index in [2.05, 4.69) is 13.8 Å². The number of rotatable bonds is 8. The Morgan fingerprint density at radius 1 is 1.05 bits per heavy atom. The van der Waals surface area contributed by atoms with Crippen LogP contribution in [0.5, 0.6) is 0 Å². The molecule has 0 saturated carbocycles. The Bertz CT molecular complexity index is 447. The molecule has 1 aromatic rings. The van der Waals surface area contributed by atoms with Gasteiger partial charge in [0.15, 0.2) is 0 Å². The Morgan fingerprint density at radius 3 is 2.24 bits per heavy atom. The van der Waals surface area contributed by atoms with Crippen LogP contribution in [0.2, 0.25) is 0 Å². The van der Waals surface area contributed by atoms with Crippen LogP contribution in [0.3, 0.4) is 0 Å². The first kappa shape index (κ1) is 17.4. The lowest BCUT2D eigenvalue weighted by Gasteiger charge is -2.12. The molecule has 0 heterocycles. The molecule has 0 saturated heterocycles. The topological polar surface area (TPSA) is 35.5 Å². The molecule has 0 amide bonds. The quantitative estimate of drug-likeness (QED) is 0.537. The van der Waals surface area contributed by atoms with Crippen LogP contribution < -0.4 is 0 Å². The fourth-order valence-electron chi connectivity index (χ4n) is 1.65. The Balaban J connectivity index is 2.74. The van der Waals surface area contributed by atoms with Gasteiger partial charge in [-0.05, 0) is 23.5 Å². The number of benzene rings is 1. The van der Waals surface area contributed by atoms with Gasteiger partial charge >= 0.3 is 5.97 Å². The van der Waals surface area contributed by atoms with Crippen LogP contribution in [0, 0.1) is 11.8 Å². The molecule has 3 nitrogen and oxygen atoms in total. The molecule has 21 heavy (non-hydrogen) atoms. The third-order valence-corrected chi connectivity index (χ3v) is 2.66. The number of hydrogen-bond donors (Lipinski definition) is 0. The zero-order chi connectivity index (χ0) is 15.7. The van der Waals surface area contributed by atoms with E-state index in [0.717, 1.165) is 5.56 Å². The summed E-state index contributed by atoms with van der Waals surface area (Å²) in [4.78, 5) is 12.2. The van der Waals surface area contributed by atoms with Crippen LogP contribution in [-0.4, -0.2) is 25.8 Å². The predicted molar refractivity (Wildman–Crippen MR) is 85.9 cm³/mol. The second-order valence-electron chi connectivity index (χ2n) is 5.98. The molecule has 0 aliphatic heterocycles. The van der Waals surface area contributed by atoms with Crippen LogP contribution in [0.4, 0.5) is 0 Å². The van der Waals surface area contributed by atoms with Gasteiger partial charge in [0.2, 0.25) is 0 Å². The van der Waals surface area contributed by atoms with Crippen molar-refractivity contribution in [3.8, 4) is 0 Å². The van der Waals surface area contributed by atoms with E-state index >= 15 is 0 Å². The highest BCUT2D eigenvalue weighted by Gasteiger charge is 2.13. The third kappa shape index (κ3) is 7.66. The average molecular weight is 290 g/mol. The molecule has 0 aliphatic carbocycles. The molecule has 1 rings (SSSR count). The van der Waals surface area contributed by atoms with Crippen molar-refractivity contribution in [1.29, 1.82) is 0 Å². The smallest absolute Gasteiger partial charge is 0.336 e. The molecule has 0 atom stereocenters. The molecule has 0 aliphatic rings. The van der Waals surface area contributed by atoms with E-state index in [9.17, 15) is 4.79 Å². The van der Waals surface area contributed by atoms with E-state index in [1.807, 2.05) is 50.3 Å². The van der Waals surface area contributed by atoms with Gasteiger partial charge in [0.05, 0.1) is 18.8 Å². The van der Waals surface area contributed by atoms with Gasteiger partial charge in [-0.1, -0.05) is 58.0 Å². The monoisotopic (exact) mass is 290 g/mol. The maximum atomic E-state index is 12.2. The molecule has 0 radical (unpaired) electrons. The normalized spacial score (nSPS) is 12.0. The minimum Gasteiger partial charge on any atom is -0.462 e. The highest BCUT2D eigenvalue weighted by Crippen LogP contribution is 2.10. The molecule has 0 N–H and O–H groups in total. The molecule has 1 aromatic carbocycles. The number of ether oxygens (including phenoxy) is 2. The average Bonchev–Trinajstić information content (AvgIpc) is 2.44. The number of esters is 1. The van der Waals surface area contributed by atoms with Crippen LogP contribution in [0.1, 0.15) is 33.3 Å². The summed E-state index contributed by atoms with van der Waals surface area (Å²) in [5.41, 5.74) is 1.53. The summed E-state index contributed by atoms with van der Waals surface area (Å²) >= 11 is 0. The van der Waals surface area contributed by atoms with Gasteiger partial charge in [0.25, 0.3) is 0 Å². The first-order valence-electron chi connectivity index (χ1n) is 7.49. The Hall–Kier alpha value is -1.61. The SMILES string of the molecule is CC(C)COCC(=Cc1ccccc1)C(=O)OCC(C)C. The van der Waals surface area contributed by atoms with E-state index < -0.39 is 0 Å². The predicted octanol–water partition coefficient (Wildman–Crippen LogP) is 3.94. The summed E-state index contributed by atoms with van der Waals surface area (Å²) in [7, 11) is 0. The molecule has 0 unspecified atom stereocenters. The van der Waals surface area contributed by atoms with Gasteiger partial charge in [-0.2, -0.15) is 0 Å². The van der Waals surface area contributed by atoms with Crippen molar-refractivity contribution in [3.05, 3.63) is 41.5 Å². The fourth-order valence-corrected chi connectivity index (χ4v) is 1.65. The lowest BCUT2D eigenvalue weighted by Crippen LogP contribution is -2.16. The van der Waals surface area contributed by atoms with Crippen molar-refractivity contribution in [2.24, 2.45) is 11.8 Å². The molecule has 3 heteroatoms. The maximum absolute atomic E-state index is 12.2. The standard InChI is InChI=1S/C18H26O3/c1-14(2)11-20-13-17(18(19)21-12-15(3)4)10-16-8-6-5-7-9-16/h5-10,14-15H,11-13H2,1-4H3. The summed E-state index contributed by atoms with van der Waals surface area (Å²) in [6.45, 7) is 9.53. The highest BCUT2D eigenvalue weighted by atomic mass is 16.5. The van der Waals surface area contributed by atoms with Gasteiger partial charge in [-0.25, -0.2) is 4.79 Å². The Labute approximate surface area is 128 Å². The second-order valence-corrected chi connectivity index (χ2v) is 5.98. The zero-order valence-electron chi connectivity index (χ0n) is 13.5. The first-order chi connectivity index (χ1) is 9.99. The van der Waals surface area contributed by atoms with Gasteiger partial charge in [-0.3, -0.25) is 0 Å². The maximum Gasteiger partial charge on any atom is 0.336 e. The zero-order valence-corrected chi connectivity index (χ0v) is 13.5. The van der Waals surface area contributed by atoms with Crippen molar-refractivity contribution in [2.75, 3.05) is 19.8 Å². The molecule has 0 spiro atoms. The van der Waals surface area contributed by atoms with Crippen molar-refractivity contribution < 1.29 is 14.3 Å². The van der Waals surface area contributed by atoms with E-state index in [4.69, 9.17) is 9.47 Å². The van der Waals surface area contributed by atoms with E-state index in [1.54, 1.807) is 0 Å². The van der Waals surface area contributed by atoms with Gasteiger partial charge in [0, 0.05) is 6.61 Å². The highest BCUT2D eigenvalue weighted by molar-refractivity contribution is 5.94. The largest absolute Gasteiger partial charge is 0.462 e. The van der Waals surface area contributed by atoms with Gasteiger partial charge in [0.1, 0.15) is 0 Å². The van der Waals surface area contributed by atoms with Crippen molar-refractivity contribution in [3.63, 3.8) is 0 Å². The van der Waals surface area contributed by atoms with E-state index in [0.29, 0.717) is 30.6 Å². The van der Waals surface area contributed by atoms with Crippen molar-refractivity contribution in [1.82, 2.24) is 0 Å². The molecule has 0 bridgehead atoms. The molecular weight excluding hydrogens is 264 g/mol. The summed E-state index contributed by atoms with van der Waals surface area (Å²) in [5, 5.41) is 0. The van der Waals surface area contributed by atoms with Gasteiger partial charge < -0.3 is 9.47 Å². The molecule has 0 fully saturated rings. The van der Waals surface area contributed by atoms with Crippen LogP contribution in [0.15, 0.2) is 35.9 Å². The minimum atomic E-state index is -0.295. The minimum absolute atomic E-state index is 0.282. The summed E-state index contributed by atoms with van der Waals surface area (Å²) in [6, 6.07) is 9.75. The molecular formula is C18H26O3. The number of carbonyl (C=O) groups excluding carboxylic acids is 1. The van der Waals surface area contributed by atoms with E-state index in [1.165, 1.54) is 0 Å².